The van der Waals surface area contributed by atoms with Gasteiger partial charge in [-0.1, -0.05) is 62.2 Å². The molecule has 1 aromatic carbocycles. The molecule has 2 rings (SSSR count). The number of ether oxygens (including phenoxy) is 1. The number of methoxy groups -OCH3 is 1. The summed E-state index contributed by atoms with van der Waals surface area (Å²) in [5.74, 6) is 1.63. The van der Waals surface area contributed by atoms with Crippen molar-refractivity contribution in [2.45, 2.75) is 61.3 Å². The van der Waals surface area contributed by atoms with Crippen LogP contribution in [-0.2, 0) is 4.74 Å². The van der Waals surface area contributed by atoms with Gasteiger partial charge in [-0.05, 0) is 63.2 Å². The minimum Gasteiger partial charge on any atom is -0.496 e. The molecule has 0 aliphatic heterocycles. The van der Waals surface area contributed by atoms with Crippen molar-refractivity contribution in [2.24, 2.45) is 5.92 Å². The van der Waals surface area contributed by atoms with E-state index in [-0.39, 0.29) is 0 Å². The molecule has 1 atom stereocenters. The Morgan fingerprint density at radius 2 is 1.58 bits per heavy atom. The van der Waals surface area contributed by atoms with Gasteiger partial charge in [-0.15, -0.1) is 0 Å². The van der Waals surface area contributed by atoms with Gasteiger partial charge < -0.3 is 4.74 Å². The van der Waals surface area contributed by atoms with Crippen LogP contribution in [0.25, 0.3) is 5.57 Å². The van der Waals surface area contributed by atoms with Gasteiger partial charge in [-0.25, -0.2) is 0 Å². The number of allylic oxidation sites excluding steroid dienone is 4. The molecule has 0 fully saturated rings. The zero-order valence-corrected chi connectivity index (χ0v) is 16.8. The van der Waals surface area contributed by atoms with Crippen LogP contribution in [0.15, 0.2) is 47.3 Å². The number of hydrogen-bond acceptors (Lipinski definition) is 1. The highest BCUT2D eigenvalue weighted by atomic mass is 16.5. The molecule has 1 nitrogen and oxygen atoms in total. The van der Waals surface area contributed by atoms with E-state index in [2.05, 4.69) is 52.5 Å². The first kappa shape index (κ1) is 20.3. The van der Waals surface area contributed by atoms with E-state index in [0.717, 1.165) is 17.8 Å². The van der Waals surface area contributed by atoms with Crippen LogP contribution < -0.4 is 0 Å². The minimum absolute atomic E-state index is 0.708. The van der Waals surface area contributed by atoms with E-state index in [4.69, 9.17) is 4.74 Å². The van der Waals surface area contributed by atoms with Gasteiger partial charge in [0.1, 0.15) is 5.76 Å². The fraction of sp³-hybridized carbons (Fsp3) is 0.478. The Morgan fingerprint density at radius 1 is 1.04 bits per heavy atom. The minimum atomic E-state index is 0.708. The quantitative estimate of drug-likeness (QED) is 0.427. The summed E-state index contributed by atoms with van der Waals surface area (Å²) >= 11 is 0. The van der Waals surface area contributed by atoms with Crippen LogP contribution in [0.5, 0.6) is 0 Å². The maximum Gasteiger partial charge on any atom is 0.129 e. The Balaban J connectivity index is 0.00000139. The van der Waals surface area contributed by atoms with Crippen molar-refractivity contribution in [3.63, 3.8) is 0 Å². The van der Waals surface area contributed by atoms with Gasteiger partial charge in [0.25, 0.3) is 0 Å². The fourth-order valence-corrected chi connectivity index (χ4v) is 3.61. The lowest BCUT2D eigenvalue weighted by atomic mass is 9.90. The highest BCUT2D eigenvalue weighted by molar-refractivity contribution is 5.84. The van der Waals surface area contributed by atoms with Crippen LogP contribution in [0.2, 0.25) is 0 Å². The summed E-state index contributed by atoms with van der Waals surface area (Å²) in [6.07, 6.45) is 2.30. The van der Waals surface area contributed by atoms with Crippen LogP contribution in [0.1, 0.15) is 64.2 Å². The van der Waals surface area contributed by atoms with Gasteiger partial charge in [0.15, 0.2) is 0 Å². The van der Waals surface area contributed by atoms with Crippen LogP contribution in [0, 0.1) is 19.8 Å². The molecule has 0 radical (unpaired) electrons. The molecule has 0 spiro atoms. The summed E-state index contributed by atoms with van der Waals surface area (Å²) in [7, 11) is 1.75. The van der Waals surface area contributed by atoms with Crippen molar-refractivity contribution in [2.75, 3.05) is 7.11 Å². The summed E-state index contributed by atoms with van der Waals surface area (Å²) < 4.78 is 5.75. The molecule has 1 heteroatoms. The van der Waals surface area contributed by atoms with Crippen molar-refractivity contribution in [1.82, 2.24) is 0 Å². The maximum absolute atomic E-state index is 5.75. The predicted molar refractivity (Wildman–Crippen MR) is 107 cm³/mol. The molecular formula is C23H34O. The normalized spacial score (nSPS) is 17.9. The van der Waals surface area contributed by atoms with E-state index in [1.807, 2.05) is 20.8 Å². The van der Waals surface area contributed by atoms with E-state index >= 15 is 0 Å². The molecule has 0 saturated heterocycles. The molecule has 0 aromatic heterocycles. The fourth-order valence-electron chi connectivity index (χ4n) is 3.61. The molecule has 1 aliphatic rings. The number of hydrogen-bond donors (Lipinski definition) is 0. The topological polar surface area (TPSA) is 9.23 Å². The third kappa shape index (κ3) is 4.63. The Hall–Kier alpha value is -1.76. The zero-order chi connectivity index (χ0) is 18.4. The molecule has 0 amide bonds. The van der Waals surface area contributed by atoms with E-state index in [1.54, 1.807) is 7.11 Å². The number of benzene rings is 1. The molecule has 1 aromatic rings. The molecule has 1 unspecified atom stereocenters. The molecular weight excluding hydrogens is 292 g/mol. The Kier molecular flexibility index (Phi) is 7.54. The second-order valence-electron chi connectivity index (χ2n) is 6.84. The SMILES string of the molecule is C=C(C)/C(OC)=C(\C1=C(C)CC(C)C1)c1cc(C)cc(C)c1.CC. The van der Waals surface area contributed by atoms with Gasteiger partial charge in [0.2, 0.25) is 0 Å². The number of aryl methyl sites for hydroxylation is 2. The van der Waals surface area contributed by atoms with Crippen molar-refractivity contribution in [3.8, 4) is 0 Å². The van der Waals surface area contributed by atoms with Crippen molar-refractivity contribution >= 4 is 5.57 Å². The first-order valence-electron chi connectivity index (χ1n) is 9.05. The summed E-state index contributed by atoms with van der Waals surface area (Å²) in [6, 6.07) is 6.73. The average Bonchev–Trinajstić information content (AvgIpc) is 2.83. The molecule has 0 N–H and O–H groups in total. The summed E-state index contributed by atoms with van der Waals surface area (Å²) in [5, 5.41) is 0. The summed E-state index contributed by atoms with van der Waals surface area (Å²) in [4.78, 5) is 0. The maximum atomic E-state index is 5.75. The molecule has 0 heterocycles. The smallest absolute Gasteiger partial charge is 0.129 e. The van der Waals surface area contributed by atoms with E-state index in [1.165, 1.54) is 39.8 Å². The van der Waals surface area contributed by atoms with Crippen molar-refractivity contribution in [1.29, 1.82) is 0 Å². The van der Waals surface area contributed by atoms with Crippen LogP contribution in [0.4, 0.5) is 0 Å². The second-order valence-corrected chi connectivity index (χ2v) is 6.84. The number of rotatable bonds is 4. The van der Waals surface area contributed by atoms with Gasteiger partial charge in [-0.2, -0.15) is 0 Å². The lowest BCUT2D eigenvalue weighted by Crippen LogP contribution is -2.01. The van der Waals surface area contributed by atoms with E-state index in [0.29, 0.717) is 5.92 Å². The van der Waals surface area contributed by atoms with Crippen molar-refractivity contribution < 1.29 is 4.74 Å². The van der Waals surface area contributed by atoms with Crippen LogP contribution in [-0.4, -0.2) is 7.11 Å². The Bertz CT molecular complexity index is 638. The van der Waals surface area contributed by atoms with Gasteiger partial charge in [0, 0.05) is 5.57 Å². The summed E-state index contributed by atoms with van der Waals surface area (Å²) in [6.45, 7) is 19.0. The standard InChI is InChI=1S/C21H28O.C2H6/c1-13(2)21(22-7)20(19-12-16(5)9-17(19)6)18-10-14(3)8-15(4)11-18;1-2/h8,10-11,16H,1,9,12H2,2-7H3;1-2H3/b21-20+;. The van der Waals surface area contributed by atoms with E-state index in [9.17, 15) is 0 Å². The average molecular weight is 327 g/mol. The van der Waals surface area contributed by atoms with Crippen molar-refractivity contribution in [3.05, 3.63) is 63.9 Å². The predicted octanol–water partition coefficient (Wildman–Crippen LogP) is 7.01. The first-order chi connectivity index (χ1) is 11.3. The Labute approximate surface area is 149 Å². The monoisotopic (exact) mass is 326 g/mol. The highest BCUT2D eigenvalue weighted by Gasteiger charge is 2.25. The zero-order valence-electron chi connectivity index (χ0n) is 16.8. The van der Waals surface area contributed by atoms with Gasteiger partial charge >= 0.3 is 0 Å². The second kappa shape index (κ2) is 8.92. The van der Waals surface area contributed by atoms with E-state index < -0.39 is 0 Å². The largest absolute Gasteiger partial charge is 0.496 e. The first-order valence-corrected chi connectivity index (χ1v) is 9.05. The van der Waals surface area contributed by atoms with Gasteiger partial charge in [-0.3, -0.25) is 0 Å². The lowest BCUT2D eigenvalue weighted by Gasteiger charge is -2.18. The third-order valence-electron chi connectivity index (χ3n) is 4.35. The summed E-state index contributed by atoms with van der Waals surface area (Å²) in [5.41, 5.74) is 8.97. The highest BCUT2D eigenvalue weighted by Crippen LogP contribution is 2.42. The third-order valence-corrected chi connectivity index (χ3v) is 4.35. The molecule has 0 bridgehead atoms. The molecule has 132 valence electrons. The lowest BCUT2D eigenvalue weighted by molar-refractivity contribution is 0.303. The van der Waals surface area contributed by atoms with Crippen LogP contribution in [0.3, 0.4) is 0 Å². The Morgan fingerprint density at radius 3 is 1.96 bits per heavy atom. The molecule has 1 aliphatic carbocycles. The molecule has 24 heavy (non-hydrogen) atoms. The molecule has 0 saturated carbocycles. The van der Waals surface area contributed by atoms with Crippen LogP contribution >= 0.6 is 0 Å². The van der Waals surface area contributed by atoms with Gasteiger partial charge in [0.05, 0.1) is 7.11 Å².